The fraction of sp³-hybridized carbons (Fsp3) is 0.333. The summed E-state index contributed by atoms with van der Waals surface area (Å²) in [6, 6.07) is 2.56. The lowest BCUT2D eigenvalue weighted by Crippen LogP contribution is -2.14. The van der Waals surface area contributed by atoms with Crippen LogP contribution >= 0.6 is 45.2 Å². The Labute approximate surface area is 114 Å². The number of hydrogen-bond donors (Lipinski definition) is 2. The number of halogens is 4. The molecule has 2 nitrogen and oxygen atoms in total. The van der Waals surface area contributed by atoms with E-state index in [0.717, 1.165) is 3.57 Å². The van der Waals surface area contributed by atoms with Gasteiger partial charge in [-0.3, -0.25) is 0 Å². The lowest BCUT2D eigenvalue weighted by molar-refractivity contribution is 0.128. The summed E-state index contributed by atoms with van der Waals surface area (Å²) < 4.78 is 25.8. The van der Waals surface area contributed by atoms with E-state index >= 15 is 0 Å². The van der Waals surface area contributed by atoms with E-state index in [1.54, 1.807) is 12.1 Å². The Morgan fingerprint density at radius 1 is 1.33 bits per heavy atom. The molecule has 1 aromatic carbocycles. The van der Waals surface area contributed by atoms with Crippen LogP contribution in [0.25, 0.3) is 0 Å². The molecule has 0 heterocycles. The molecule has 0 aromatic heterocycles. The number of hydrogen-bond acceptors (Lipinski definition) is 2. The molecule has 0 saturated carbocycles. The van der Waals surface area contributed by atoms with Gasteiger partial charge >= 0.3 is 0 Å². The molecule has 0 radical (unpaired) electrons. The van der Waals surface area contributed by atoms with Crippen molar-refractivity contribution in [1.29, 1.82) is 0 Å². The molecule has 0 spiro atoms. The highest BCUT2D eigenvalue weighted by atomic mass is 127. The summed E-state index contributed by atoms with van der Waals surface area (Å²) in [7, 11) is 0. The second-order valence-corrected chi connectivity index (χ2v) is 5.47. The molecule has 84 valence electrons. The van der Waals surface area contributed by atoms with Gasteiger partial charge in [0.15, 0.2) is 0 Å². The van der Waals surface area contributed by atoms with Crippen molar-refractivity contribution in [3.05, 3.63) is 24.8 Å². The summed E-state index contributed by atoms with van der Waals surface area (Å²) >= 11 is 4.00. The average Bonchev–Trinajstić information content (AvgIpc) is 2.09. The summed E-state index contributed by atoms with van der Waals surface area (Å²) in [4.78, 5) is 0. The molecule has 0 fully saturated rings. The van der Waals surface area contributed by atoms with Crippen LogP contribution in [0.2, 0.25) is 0 Å². The average molecular weight is 439 g/mol. The van der Waals surface area contributed by atoms with Crippen molar-refractivity contribution in [2.24, 2.45) is 5.73 Å². The lowest BCUT2D eigenvalue weighted by Gasteiger charge is -2.14. The van der Waals surface area contributed by atoms with Gasteiger partial charge in [0.25, 0.3) is 0 Å². The topological polar surface area (TPSA) is 46.2 Å². The van der Waals surface area contributed by atoms with E-state index in [4.69, 9.17) is 5.73 Å². The Hall–Kier alpha value is 0.300. The third-order valence-corrected chi connectivity index (χ3v) is 3.33. The van der Waals surface area contributed by atoms with E-state index in [-0.39, 0.29) is 5.75 Å². The van der Waals surface area contributed by atoms with Crippen LogP contribution in [0, 0.1) is 7.14 Å². The van der Waals surface area contributed by atoms with Crippen molar-refractivity contribution in [1.82, 2.24) is 0 Å². The van der Waals surface area contributed by atoms with E-state index in [2.05, 4.69) is 22.6 Å². The third-order valence-electron chi connectivity index (χ3n) is 1.89. The summed E-state index contributed by atoms with van der Waals surface area (Å²) in [5.41, 5.74) is 5.97. The van der Waals surface area contributed by atoms with E-state index in [1.807, 2.05) is 22.6 Å². The first kappa shape index (κ1) is 13.4. The zero-order valence-electron chi connectivity index (χ0n) is 7.55. The predicted molar refractivity (Wildman–Crippen MR) is 71.1 cm³/mol. The van der Waals surface area contributed by atoms with E-state index in [0.29, 0.717) is 9.13 Å². The molecule has 0 aliphatic carbocycles. The van der Waals surface area contributed by atoms with E-state index in [9.17, 15) is 13.9 Å². The first-order valence-corrected chi connectivity index (χ1v) is 6.29. The van der Waals surface area contributed by atoms with Gasteiger partial charge in [0.1, 0.15) is 5.75 Å². The van der Waals surface area contributed by atoms with Gasteiger partial charge in [-0.25, -0.2) is 8.78 Å². The van der Waals surface area contributed by atoms with Crippen LogP contribution in [0.3, 0.4) is 0 Å². The van der Waals surface area contributed by atoms with Crippen LogP contribution in [0.1, 0.15) is 18.0 Å². The van der Waals surface area contributed by atoms with Crippen LogP contribution < -0.4 is 5.73 Å². The van der Waals surface area contributed by atoms with Crippen LogP contribution in [-0.4, -0.2) is 11.5 Å². The molecule has 1 aromatic rings. The van der Waals surface area contributed by atoms with Crippen molar-refractivity contribution in [2.75, 3.05) is 0 Å². The predicted octanol–water partition coefficient (Wildman–Crippen LogP) is 3.26. The van der Waals surface area contributed by atoms with Gasteiger partial charge in [0, 0.05) is 21.6 Å². The van der Waals surface area contributed by atoms with Gasteiger partial charge < -0.3 is 10.8 Å². The molecule has 0 aliphatic heterocycles. The highest BCUT2D eigenvalue weighted by Gasteiger charge is 2.18. The van der Waals surface area contributed by atoms with Crippen LogP contribution in [0.5, 0.6) is 5.75 Å². The van der Waals surface area contributed by atoms with Crippen LogP contribution in [-0.2, 0) is 0 Å². The number of phenols is 1. The summed E-state index contributed by atoms with van der Waals surface area (Å²) in [5, 5.41) is 9.67. The Bertz CT molecular complexity index is 360. The minimum Gasteiger partial charge on any atom is -0.506 e. The lowest BCUT2D eigenvalue weighted by atomic mass is 10.0. The van der Waals surface area contributed by atoms with Gasteiger partial charge in [-0.05, 0) is 57.3 Å². The molecule has 6 heteroatoms. The van der Waals surface area contributed by atoms with E-state index < -0.39 is 18.9 Å². The molecule has 15 heavy (non-hydrogen) atoms. The van der Waals surface area contributed by atoms with Crippen molar-refractivity contribution < 1.29 is 13.9 Å². The SMILES string of the molecule is N[C@@H](CC(F)F)c1cc(I)cc(I)c1O. The first-order valence-electron chi connectivity index (χ1n) is 4.13. The van der Waals surface area contributed by atoms with Crippen molar-refractivity contribution in [3.8, 4) is 5.75 Å². The smallest absolute Gasteiger partial charge is 0.240 e. The minimum atomic E-state index is -2.46. The molecular weight excluding hydrogens is 430 g/mol. The summed E-state index contributed by atoms with van der Waals surface area (Å²) in [5.74, 6) is 0.00386. The number of nitrogens with two attached hydrogens (primary N) is 1. The van der Waals surface area contributed by atoms with Crippen molar-refractivity contribution in [2.45, 2.75) is 18.9 Å². The fourth-order valence-corrected chi connectivity index (χ4v) is 3.08. The quantitative estimate of drug-likeness (QED) is 0.711. The maximum Gasteiger partial charge on any atom is 0.240 e. The van der Waals surface area contributed by atoms with Gasteiger partial charge in [-0.1, -0.05) is 0 Å². The van der Waals surface area contributed by atoms with Gasteiger partial charge in [-0.2, -0.15) is 0 Å². The molecule has 0 saturated heterocycles. The zero-order valence-corrected chi connectivity index (χ0v) is 11.9. The number of benzene rings is 1. The Balaban J connectivity index is 3.02. The summed E-state index contributed by atoms with van der Waals surface area (Å²) in [6.45, 7) is 0. The minimum absolute atomic E-state index is 0.00386. The van der Waals surface area contributed by atoms with Crippen molar-refractivity contribution in [3.63, 3.8) is 0 Å². The monoisotopic (exact) mass is 439 g/mol. The second kappa shape index (κ2) is 5.58. The van der Waals surface area contributed by atoms with Gasteiger partial charge in [-0.15, -0.1) is 0 Å². The van der Waals surface area contributed by atoms with Crippen LogP contribution in [0.4, 0.5) is 8.78 Å². The zero-order chi connectivity index (χ0) is 11.6. The highest BCUT2D eigenvalue weighted by molar-refractivity contribution is 14.1. The summed E-state index contributed by atoms with van der Waals surface area (Å²) in [6.07, 6.45) is -2.90. The molecule has 1 rings (SSSR count). The maximum atomic E-state index is 12.1. The molecule has 1 atom stereocenters. The number of alkyl halides is 2. The van der Waals surface area contributed by atoms with E-state index in [1.165, 1.54) is 0 Å². The van der Waals surface area contributed by atoms with Gasteiger partial charge in [0.2, 0.25) is 6.43 Å². The fourth-order valence-electron chi connectivity index (χ4n) is 1.19. The molecule has 3 N–H and O–H groups in total. The molecule has 0 aliphatic rings. The Morgan fingerprint density at radius 3 is 2.47 bits per heavy atom. The standard InChI is InChI=1S/C9H9F2I2NO/c10-8(11)3-7(14)5-1-4(12)2-6(13)9(5)15/h1-2,7-8,15H,3,14H2/t7-/m0/s1. The Morgan fingerprint density at radius 2 is 1.93 bits per heavy atom. The maximum absolute atomic E-state index is 12.1. The Kier molecular flexibility index (Phi) is 4.97. The number of aromatic hydroxyl groups is 1. The third kappa shape index (κ3) is 3.66. The van der Waals surface area contributed by atoms with Gasteiger partial charge in [0.05, 0.1) is 3.57 Å². The largest absolute Gasteiger partial charge is 0.506 e. The second-order valence-electron chi connectivity index (χ2n) is 3.06. The molecule has 0 bridgehead atoms. The first-order chi connectivity index (χ1) is 6.91. The van der Waals surface area contributed by atoms with Crippen LogP contribution in [0.15, 0.2) is 12.1 Å². The number of phenolic OH excluding ortho intramolecular Hbond substituents is 1. The van der Waals surface area contributed by atoms with Crippen molar-refractivity contribution >= 4 is 45.2 Å². The molecule has 0 unspecified atom stereocenters. The molecular formula is C9H9F2I2NO. The normalized spacial score (nSPS) is 13.2. The molecule has 0 amide bonds. The number of rotatable bonds is 3. The highest BCUT2D eigenvalue weighted by Crippen LogP contribution is 2.32.